The lowest BCUT2D eigenvalue weighted by atomic mass is 10.2. The van der Waals surface area contributed by atoms with E-state index in [-0.39, 0.29) is 0 Å². The number of nitrogens with two attached hydrogens (primary N) is 1. The van der Waals surface area contributed by atoms with Gasteiger partial charge in [-0.25, -0.2) is 4.68 Å². The number of anilines is 1. The summed E-state index contributed by atoms with van der Waals surface area (Å²) in [5, 5.41) is 12.4. The number of hydrogen-bond donors (Lipinski definition) is 2. The molecule has 0 aliphatic carbocycles. The SMILES string of the molecule is COc1cccc(Cn2nc(C)c3c(N)[nH]nc32)c1. The third-order valence-corrected chi connectivity index (χ3v) is 3.12. The Morgan fingerprint density at radius 3 is 3.05 bits per heavy atom. The number of fused-ring (bicyclic) bond motifs is 1. The van der Waals surface area contributed by atoms with Crippen LogP contribution in [0.2, 0.25) is 0 Å². The van der Waals surface area contributed by atoms with E-state index in [9.17, 15) is 0 Å². The molecule has 0 amide bonds. The van der Waals surface area contributed by atoms with Crippen LogP contribution in [0.4, 0.5) is 5.82 Å². The highest BCUT2D eigenvalue weighted by atomic mass is 16.5. The molecule has 2 aromatic heterocycles. The second kappa shape index (κ2) is 4.31. The van der Waals surface area contributed by atoms with E-state index in [1.54, 1.807) is 7.11 Å². The Balaban J connectivity index is 2.01. The maximum Gasteiger partial charge on any atom is 0.182 e. The number of benzene rings is 1. The predicted molar refractivity (Wildman–Crippen MR) is 73.1 cm³/mol. The van der Waals surface area contributed by atoms with E-state index >= 15 is 0 Å². The molecule has 0 atom stereocenters. The fraction of sp³-hybridized carbons (Fsp3) is 0.231. The molecular weight excluding hydrogens is 242 g/mol. The van der Waals surface area contributed by atoms with Crippen molar-refractivity contribution in [3.8, 4) is 5.75 Å². The van der Waals surface area contributed by atoms with Crippen molar-refractivity contribution in [3.05, 3.63) is 35.5 Å². The Bertz CT molecular complexity index is 728. The number of aryl methyl sites for hydroxylation is 1. The summed E-state index contributed by atoms with van der Waals surface area (Å²) < 4.78 is 7.06. The highest BCUT2D eigenvalue weighted by Gasteiger charge is 2.13. The number of hydrogen-bond acceptors (Lipinski definition) is 4. The van der Waals surface area contributed by atoms with Crippen LogP contribution in [0.5, 0.6) is 5.75 Å². The van der Waals surface area contributed by atoms with E-state index < -0.39 is 0 Å². The van der Waals surface area contributed by atoms with Gasteiger partial charge in [0, 0.05) is 0 Å². The Kier molecular flexibility index (Phi) is 2.63. The zero-order valence-electron chi connectivity index (χ0n) is 10.8. The molecule has 0 radical (unpaired) electrons. The number of nitrogens with zero attached hydrogens (tertiary/aromatic N) is 3. The lowest BCUT2D eigenvalue weighted by molar-refractivity contribution is 0.414. The van der Waals surface area contributed by atoms with E-state index in [1.165, 1.54) is 0 Å². The Morgan fingerprint density at radius 1 is 1.42 bits per heavy atom. The normalized spacial score (nSPS) is 11.1. The summed E-state index contributed by atoms with van der Waals surface area (Å²) in [6.45, 7) is 2.56. The van der Waals surface area contributed by atoms with Crippen molar-refractivity contribution in [2.75, 3.05) is 12.8 Å². The smallest absolute Gasteiger partial charge is 0.182 e. The van der Waals surface area contributed by atoms with Crippen LogP contribution in [0, 0.1) is 6.92 Å². The molecule has 0 fully saturated rings. The van der Waals surface area contributed by atoms with Crippen LogP contribution in [0.3, 0.4) is 0 Å². The number of methoxy groups -OCH3 is 1. The van der Waals surface area contributed by atoms with Crippen molar-refractivity contribution in [3.63, 3.8) is 0 Å². The van der Waals surface area contributed by atoms with Gasteiger partial charge in [-0.15, -0.1) is 0 Å². The molecular formula is C13H15N5O. The van der Waals surface area contributed by atoms with Crippen molar-refractivity contribution in [1.82, 2.24) is 20.0 Å². The first-order valence-corrected chi connectivity index (χ1v) is 5.99. The topological polar surface area (TPSA) is 81.8 Å². The summed E-state index contributed by atoms with van der Waals surface area (Å²) in [6, 6.07) is 7.89. The Morgan fingerprint density at radius 2 is 2.26 bits per heavy atom. The van der Waals surface area contributed by atoms with Gasteiger partial charge in [-0.05, 0) is 24.6 Å². The molecule has 2 heterocycles. The average Bonchev–Trinajstić information content (AvgIpc) is 2.93. The molecule has 0 saturated heterocycles. The molecule has 0 saturated carbocycles. The zero-order valence-corrected chi connectivity index (χ0v) is 10.8. The Hall–Kier alpha value is -2.50. The fourth-order valence-corrected chi connectivity index (χ4v) is 2.22. The van der Waals surface area contributed by atoms with Gasteiger partial charge >= 0.3 is 0 Å². The summed E-state index contributed by atoms with van der Waals surface area (Å²) in [7, 11) is 1.66. The first-order valence-electron chi connectivity index (χ1n) is 5.99. The molecule has 3 N–H and O–H groups in total. The first-order chi connectivity index (χ1) is 9.19. The van der Waals surface area contributed by atoms with Crippen molar-refractivity contribution < 1.29 is 4.74 Å². The van der Waals surface area contributed by atoms with Gasteiger partial charge in [-0.2, -0.15) is 10.2 Å². The standard InChI is InChI=1S/C13H15N5O/c1-8-11-12(14)15-16-13(11)18(17-8)7-9-4-3-5-10(6-9)19-2/h3-6H,7H2,1-2H3,(H3,14,15,16). The summed E-state index contributed by atoms with van der Waals surface area (Å²) in [6.07, 6.45) is 0. The highest BCUT2D eigenvalue weighted by Crippen LogP contribution is 2.22. The van der Waals surface area contributed by atoms with Crippen LogP contribution in [0.25, 0.3) is 11.0 Å². The lowest BCUT2D eigenvalue weighted by Crippen LogP contribution is -2.02. The minimum Gasteiger partial charge on any atom is -0.497 e. The monoisotopic (exact) mass is 257 g/mol. The fourth-order valence-electron chi connectivity index (χ4n) is 2.22. The molecule has 0 aliphatic rings. The van der Waals surface area contributed by atoms with Gasteiger partial charge in [-0.3, -0.25) is 5.10 Å². The lowest BCUT2D eigenvalue weighted by Gasteiger charge is -2.04. The molecule has 1 aromatic carbocycles. The third-order valence-electron chi connectivity index (χ3n) is 3.12. The highest BCUT2D eigenvalue weighted by molar-refractivity contribution is 5.88. The number of nitrogens with one attached hydrogen (secondary N) is 1. The molecule has 6 nitrogen and oxygen atoms in total. The van der Waals surface area contributed by atoms with E-state index in [1.807, 2.05) is 35.9 Å². The largest absolute Gasteiger partial charge is 0.497 e. The van der Waals surface area contributed by atoms with Gasteiger partial charge in [0.1, 0.15) is 11.6 Å². The minimum atomic E-state index is 0.560. The third kappa shape index (κ3) is 1.91. The van der Waals surface area contributed by atoms with Gasteiger partial charge in [0.15, 0.2) is 5.65 Å². The molecule has 3 rings (SSSR count). The second-order valence-electron chi connectivity index (χ2n) is 4.43. The quantitative estimate of drug-likeness (QED) is 0.748. The molecule has 98 valence electrons. The van der Waals surface area contributed by atoms with Gasteiger partial charge in [0.05, 0.1) is 24.7 Å². The van der Waals surface area contributed by atoms with Crippen LogP contribution >= 0.6 is 0 Å². The minimum absolute atomic E-state index is 0.560. The molecule has 0 bridgehead atoms. The number of aromatic amines is 1. The van der Waals surface area contributed by atoms with Gasteiger partial charge in [0.2, 0.25) is 0 Å². The van der Waals surface area contributed by atoms with Crippen LogP contribution in [0.15, 0.2) is 24.3 Å². The van der Waals surface area contributed by atoms with E-state index in [4.69, 9.17) is 10.5 Å². The zero-order chi connectivity index (χ0) is 13.4. The predicted octanol–water partition coefficient (Wildman–Crippen LogP) is 1.71. The van der Waals surface area contributed by atoms with Crippen LogP contribution in [-0.2, 0) is 6.54 Å². The summed E-state index contributed by atoms with van der Waals surface area (Å²) in [5.41, 5.74) is 8.59. The maximum atomic E-state index is 5.84. The van der Waals surface area contributed by atoms with Crippen molar-refractivity contribution in [2.24, 2.45) is 0 Å². The average molecular weight is 257 g/mol. The van der Waals surface area contributed by atoms with Gasteiger partial charge in [-0.1, -0.05) is 12.1 Å². The van der Waals surface area contributed by atoms with E-state index in [0.29, 0.717) is 12.4 Å². The van der Waals surface area contributed by atoms with Crippen LogP contribution < -0.4 is 10.5 Å². The van der Waals surface area contributed by atoms with Crippen molar-refractivity contribution >= 4 is 16.9 Å². The molecule has 19 heavy (non-hydrogen) atoms. The summed E-state index contributed by atoms with van der Waals surface area (Å²) >= 11 is 0. The summed E-state index contributed by atoms with van der Waals surface area (Å²) in [4.78, 5) is 0. The van der Waals surface area contributed by atoms with E-state index in [0.717, 1.165) is 28.0 Å². The van der Waals surface area contributed by atoms with Gasteiger partial charge < -0.3 is 10.5 Å². The van der Waals surface area contributed by atoms with Crippen LogP contribution in [-0.4, -0.2) is 27.1 Å². The molecule has 0 aliphatic heterocycles. The number of nitrogen functional groups attached to an aromatic ring is 1. The van der Waals surface area contributed by atoms with Crippen molar-refractivity contribution in [2.45, 2.75) is 13.5 Å². The first kappa shape index (κ1) is 11.6. The number of rotatable bonds is 3. The molecule has 0 spiro atoms. The molecule has 3 aromatic rings. The van der Waals surface area contributed by atoms with E-state index in [2.05, 4.69) is 15.3 Å². The number of aromatic nitrogens is 4. The van der Waals surface area contributed by atoms with Crippen molar-refractivity contribution in [1.29, 1.82) is 0 Å². The maximum absolute atomic E-state index is 5.84. The summed E-state index contributed by atoms with van der Waals surface area (Å²) in [5.74, 6) is 1.39. The second-order valence-corrected chi connectivity index (χ2v) is 4.43. The number of H-pyrrole nitrogens is 1. The molecule has 0 unspecified atom stereocenters. The van der Waals surface area contributed by atoms with Crippen LogP contribution in [0.1, 0.15) is 11.3 Å². The Labute approximate surface area is 110 Å². The number of ether oxygens (including phenoxy) is 1. The molecule has 6 heteroatoms. The van der Waals surface area contributed by atoms with Gasteiger partial charge in [0.25, 0.3) is 0 Å².